The van der Waals surface area contributed by atoms with Crippen molar-refractivity contribution in [3.8, 4) is 22.3 Å². The first-order valence-electron chi connectivity index (χ1n) is 17.9. The first-order chi connectivity index (χ1) is 23.7. The van der Waals surface area contributed by atoms with Crippen LogP contribution in [0, 0.1) is 23.7 Å². The monoisotopic (exact) mass is 619 g/mol. The van der Waals surface area contributed by atoms with Crippen LogP contribution in [0.25, 0.3) is 44.2 Å². The van der Waals surface area contributed by atoms with Gasteiger partial charge < -0.3 is 9.32 Å². The number of furan rings is 1. The first-order valence-corrected chi connectivity index (χ1v) is 17.9. The lowest BCUT2D eigenvalue weighted by atomic mass is 9.43. The summed E-state index contributed by atoms with van der Waals surface area (Å²) in [6.45, 7) is 0. The topological polar surface area (TPSA) is 16.4 Å². The number of benzene rings is 6. The van der Waals surface area contributed by atoms with E-state index in [4.69, 9.17) is 4.42 Å². The Bertz CT molecular complexity index is 2350. The molecule has 1 aromatic heterocycles. The Balaban J connectivity index is 1.13. The summed E-state index contributed by atoms with van der Waals surface area (Å²) in [5.41, 5.74) is 14.0. The van der Waals surface area contributed by atoms with Gasteiger partial charge in [0.1, 0.15) is 11.2 Å². The van der Waals surface area contributed by atoms with E-state index in [2.05, 4.69) is 144 Å². The third-order valence-electron chi connectivity index (χ3n) is 12.6. The number of hydrogen-bond donors (Lipinski definition) is 0. The molecule has 232 valence electrons. The standard InChI is InChI=1S/C46H37NO/c1-2-9-31(10-3-1)32-11-8-12-35(26-32)47(37-18-20-41-40-14-5-7-16-44(40)48-45(41)28-37)36-17-19-39-38-13-4-6-15-42(38)46(43(39)27-36)33-22-29-21-30(24-33)25-34(46)23-29/h1-20,26-30,33-34H,21-25H2. The van der Waals surface area contributed by atoms with Crippen molar-refractivity contribution in [3.05, 3.63) is 151 Å². The van der Waals surface area contributed by atoms with E-state index >= 15 is 0 Å². The lowest BCUT2D eigenvalue weighted by Crippen LogP contribution is -2.55. The first kappa shape index (κ1) is 26.9. The summed E-state index contributed by atoms with van der Waals surface area (Å²) in [7, 11) is 0. The fourth-order valence-electron chi connectivity index (χ4n) is 11.0. The van der Waals surface area contributed by atoms with E-state index in [1.807, 2.05) is 0 Å². The summed E-state index contributed by atoms with van der Waals surface area (Å²) in [4.78, 5) is 2.46. The van der Waals surface area contributed by atoms with E-state index in [9.17, 15) is 0 Å². The Hall–Kier alpha value is -5.08. The molecule has 5 aliphatic rings. The van der Waals surface area contributed by atoms with Gasteiger partial charge in [0.25, 0.3) is 0 Å². The molecule has 7 aromatic rings. The van der Waals surface area contributed by atoms with Gasteiger partial charge in [0, 0.05) is 39.3 Å². The van der Waals surface area contributed by atoms with Crippen LogP contribution in [0.15, 0.2) is 144 Å². The molecule has 12 rings (SSSR count). The normalized spacial score (nSPS) is 24.8. The van der Waals surface area contributed by atoms with Crippen LogP contribution in [-0.2, 0) is 5.41 Å². The number of rotatable bonds is 4. The average Bonchev–Trinajstić information content (AvgIpc) is 3.64. The molecule has 4 saturated carbocycles. The van der Waals surface area contributed by atoms with Gasteiger partial charge in [-0.1, -0.05) is 91.0 Å². The van der Waals surface area contributed by atoms with Gasteiger partial charge in [0.15, 0.2) is 0 Å². The minimum Gasteiger partial charge on any atom is -0.456 e. The molecular weight excluding hydrogens is 583 g/mol. The largest absolute Gasteiger partial charge is 0.456 e. The SMILES string of the molecule is c1ccc(-c2cccc(N(c3ccc4c(c3)C3(c5ccccc5-4)C4CC5CC(C4)CC3C5)c3ccc4c(c3)oc3ccccc34)c2)cc1. The van der Waals surface area contributed by atoms with Gasteiger partial charge in [0.2, 0.25) is 0 Å². The van der Waals surface area contributed by atoms with Gasteiger partial charge in [-0.25, -0.2) is 0 Å². The predicted molar refractivity (Wildman–Crippen MR) is 197 cm³/mol. The molecule has 2 nitrogen and oxygen atoms in total. The summed E-state index contributed by atoms with van der Waals surface area (Å²) in [6, 6.07) is 51.7. The van der Waals surface area contributed by atoms with Crippen LogP contribution >= 0.6 is 0 Å². The lowest BCUT2D eigenvalue weighted by Gasteiger charge is -2.61. The third-order valence-corrected chi connectivity index (χ3v) is 12.6. The highest BCUT2D eigenvalue weighted by molar-refractivity contribution is 6.06. The summed E-state index contributed by atoms with van der Waals surface area (Å²) in [5, 5.41) is 2.32. The molecule has 1 heterocycles. The molecule has 0 atom stereocenters. The molecule has 0 aliphatic heterocycles. The molecule has 0 amide bonds. The average molecular weight is 620 g/mol. The molecule has 1 spiro atoms. The van der Waals surface area contributed by atoms with Gasteiger partial charge in [0.05, 0.1) is 0 Å². The molecule has 4 bridgehead atoms. The number of anilines is 3. The van der Waals surface area contributed by atoms with Crippen LogP contribution in [-0.4, -0.2) is 0 Å². The van der Waals surface area contributed by atoms with Crippen molar-refractivity contribution in [1.29, 1.82) is 0 Å². The summed E-state index contributed by atoms with van der Waals surface area (Å²) < 4.78 is 6.45. The van der Waals surface area contributed by atoms with Gasteiger partial charge in [-0.2, -0.15) is 0 Å². The number of para-hydroxylation sites is 1. The molecule has 5 aliphatic carbocycles. The minimum atomic E-state index is 0.121. The molecule has 48 heavy (non-hydrogen) atoms. The third kappa shape index (κ3) is 3.69. The Labute approximate surface area is 281 Å². The minimum absolute atomic E-state index is 0.121. The molecular formula is C46H37NO. The molecule has 4 fully saturated rings. The number of hydrogen-bond acceptors (Lipinski definition) is 2. The maximum Gasteiger partial charge on any atom is 0.137 e. The predicted octanol–water partition coefficient (Wildman–Crippen LogP) is 12.4. The second-order valence-electron chi connectivity index (χ2n) is 15.0. The van der Waals surface area contributed by atoms with E-state index in [1.54, 1.807) is 11.1 Å². The maximum absolute atomic E-state index is 6.45. The smallest absolute Gasteiger partial charge is 0.137 e. The van der Waals surface area contributed by atoms with E-state index < -0.39 is 0 Å². The van der Waals surface area contributed by atoms with E-state index in [1.165, 1.54) is 60.0 Å². The van der Waals surface area contributed by atoms with Crippen LogP contribution in [0.4, 0.5) is 17.1 Å². The fourth-order valence-corrected chi connectivity index (χ4v) is 11.0. The highest BCUT2D eigenvalue weighted by atomic mass is 16.3. The Morgan fingerprint density at radius 2 is 1.10 bits per heavy atom. The van der Waals surface area contributed by atoms with Crippen LogP contribution in [0.1, 0.15) is 43.2 Å². The van der Waals surface area contributed by atoms with Crippen LogP contribution in [0.2, 0.25) is 0 Å². The highest BCUT2D eigenvalue weighted by Gasteiger charge is 2.61. The number of fused-ring (bicyclic) bond motifs is 6. The van der Waals surface area contributed by atoms with E-state index in [0.717, 1.165) is 57.0 Å². The fraction of sp³-hybridized carbons (Fsp3) is 0.217. The van der Waals surface area contributed by atoms with Crippen molar-refractivity contribution in [2.45, 2.75) is 37.5 Å². The van der Waals surface area contributed by atoms with Crippen molar-refractivity contribution < 1.29 is 4.42 Å². The van der Waals surface area contributed by atoms with Gasteiger partial charge >= 0.3 is 0 Å². The van der Waals surface area contributed by atoms with Gasteiger partial charge in [-0.3, -0.25) is 0 Å². The van der Waals surface area contributed by atoms with Crippen molar-refractivity contribution in [3.63, 3.8) is 0 Å². The highest BCUT2D eigenvalue weighted by Crippen LogP contribution is 2.69. The van der Waals surface area contributed by atoms with Crippen molar-refractivity contribution in [1.82, 2.24) is 0 Å². The zero-order valence-corrected chi connectivity index (χ0v) is 27.0. The second-order valence-corrected chi connectivity index (χ2v) is 15.0. The summed E-state index contributed by atoms with van der Waals surface area (Å²) in [6.07, 6.45) is 7.01. The zero-order chi connectivity index (χ0) is 31.4. The Morgan fingerprint density at radius 1 is 0.458 bits per heavy atom. The van der Waals surface area contributed by atoms with Crippen LogP contribution < -0.4 is 4.90 Å². The van der Waals surface area contributed by atoms with E-state index in [-0.39, 0.29) is 5.41 Å². The van der Waals surface area contributed by atoms with Crippen molar-refractivity contribution in [2.75, 3.05) is 4.90 Å². The molecule has 0 unspecified atom stereocenters. The van der Waals surface area contributed by atoms with Crippen molar-refractivity contribution >= 4 is 39.0 Å². The molecule has 2 heteroatoms. The Morgan fingerprint density at radius 3 is 1.96 bits per heavy atom. The number of nitrogens with zero attached hydrogens (tertiary/aromatic N) is 1. The van der Waals surface area contributed by atoms with Crippen LogP contribution in [0.3, 0.4) is 0 Å². The molecule has 0 N–H and O–H groups in total. The maximum atomic E-state index is 6.45. The van der Waals surface area contributed by atoms with Crippen molar-refractivity contribution in [2.24, 2.45) is 23.7 Å². The van der Waals surface area contributed by atoms with Crippen LogP contribution in [0.5, 0.6) is 0 Å². The molecule has 0 radical (unpaired) electrons. The van der Waals surface area contributed by atoms with Gasteiger partial charge in [-0.05, 0) is 132 Å². The lowest BCUT2D eigenvalue weighted by molar-refractivity contribution is -0.0399. The zero-order valence-electron chi connectivity index (χ0n) is 27.0. The van der Waals surface area contributed by atoms with Gasteiger partial charge in [-0.15, -0.1) is 0 Å². The Kier molecular flexibility index (Phi) is 5.59. The summed E-state index contributed by atoms with van der Waals surface area (Å²) in [5.74, 6) is 3.30. The molecule has 6 aromatic carbocycles. The van der Waals surface area contributed by atoms with E-state index in [0.29, 0.717) is 0 Å². The quantitative estimate of drug-likeness (QED) is 0.195. The summed E-state index contributed by atoms with van der Waals surface area (Å²) >= 11 is 0. The molecule has 0 saturated heterocycles. The second kappa shape index (κ2) is 9.97.